The van der Waals surface area contributed by atoms with Gasteiger partial charge in [-0.2, -0.15) is 0 Å². The van der Waals surface area contributed by atoms with Crippen LogP contribution < -0.4 is 5.32 Å². The third-order valence-electron chi connectivity index (χ3n) is 1.84. The highest BCUT2D eigenvalue weighted by Gasteiger charge is 2.07. The lowest BCUT2D eigenvalue weighted by Crippen LogP contribution is -2.21. The number of hydrogen-bond acceptors (Lipinski definition) is 3. The lowest BCUT2D eigenvalue weighted by Gasteiger charge is -2.10. The molecule has 0 aliphatic rings. The molecule has 0 aromatic carbocycles. The van der Waals surface area contributed by atoms with Crippen LogP contribution in [-0.4, -0.2) is 36.4 Å². The van der Waals surface area contributed by atoms with Crippen molar-refractivity contribution in [2.75, 3.05) is 26.0 Å². The van der Waals surface area contributed by atoms with Crippen molar-refractivity contribution in [1.29, 1.82) is 0 Å². The molecule has 1 heterocycles. The summed E-state index contributed by atoms with van der Waals surface area (Å²) in [5, 5.41) is 3.04. The van der Waals surface area contributed by atoms with E-state index in [4.69, 9.17) is 0 Å². The van der Waals surface area contributed by atoms with E-state index in [0.717, 1.165) is 5.82 Å². The first-order valence-electron chi connectivity index (χ1n) is 4.67. The van der Waals surface area contributed by atoms with Gasteiger partial charge in [0.15, 0.2) is 0 Å². The van der Waals surface area contributed by atoms with E-state index in [1.165, 1.54) is 4.90 Å². The molecule has 4 heteroatoms. The van der Waals surface area contributed by atoms with Gasteiger partial charge in [0.2, 0.25) is 0 Å². The highest BCUT2D eigenvalue weighted by atomic mass is 16.2. The van der Waals surface area contributed by atoms with Crippen molar-refractivity contribution < 1.29 is 4.79 Å². The number of amides is 1. The summed E-state index contributed by atoms with van der Waals surface area (Å²) in [5.74, 6) is 0.697. The van der Waals surface area contributed by atoms with Crippen molar-refractivity contribution in [3.8, 4) is 0 Å². The Hall–Kier alpha value is -1.84. The highest BCUT2D eigenvalue weighted by Crippen LogP contribution is 2.06. The molecular formula is C11H15N3O. The van der Waals surface area contributed by atoms with Crippen molar-refractivity contribution in [2.24, 2.45) is 0 Å². The number of nitrogens with one attached hydrogen (secondary N) is 1. The maximum atomic E-state index is 11.5. The van der Waals surface area contributed by atoms with Crippen LogP contribution in [0.15, 0.2) is 31.0 Å². The minimum atomic E-state index is -0.0437. The van der Waals surface area contributed by atoms with Crippen LogP contribution in [0.4, 0.5) is 5.82 Å². The predicted octanol–water partition coefficient (Wildman–Crippen LogP) is 1.38. The average molecular weight is 205 g/mol. The maximum Gasteiger partial charge on any atom is 0.254 e. The second kappa shape index (κ2) is 5.14. The number of carbonyl (C=O) groups excluding carboxylic acids is 1. The zero-order valence-electron chi connectivity index (χ0n) is 9.03. The summed E-state index contributed by atoms with van der Waals surface area (Å²) >= 11 is 0. The summed E-state index contributed by atoms with van der Waals surface area (Å²) in [6.45, 7) is 4.25. The molecule has 1 rings (SSSR count). The van der Waals surface area contributed by atoms with Gasteiger partial charge in [0.1, 0.15) is 5.82 Å². The summed E-state index contributed by atoms with van der Waals surface area (Å²) in [5.41, 5.74) is 0.587. The molecule has 1 aromatic rings. The molecule has 4 nitrogen and oxygen atoms in total. The number of rotatable bonds is 4. The van der Waals surface area contributed by atoms with E-state index in [2.05, 4.69) is 16.9 Å². The Bertz CT molecular complexity index is 343. The first-order valence-corrected chi connectivity index (χ1v) is 4.67. The predicted molar refractivity (Wildman–Crippen MR) is 60.9 cm³/mol. The Kier molecular flexibility index (Phi) is 3.85. The van der Waals surface area contributed by atoms with Crippen LogP contribution in [0.2, 0.25) is 0 Å². The second-order valence-electron chi connectivity index (χ2n) is 3.30. The van der Waals surface area contributed by atoms with Crippen LogP contribution in [0.5, 0.6) is 0 Å². The standard InChI is InChI=1S/C11H15N3O/c1-4-7-12-10-6-5-9(8-13-10)11(15)14(2)3/h4-6,8H,1,7H2,2-3H3,(H,12,13). The Morgan fingerprint density at radius 3 is 2.80 bits per heavy atom. The smallest absolute Gasteiger partial charge is 0.254 e. The Morgan fingerprint density at radius 2 is 2.33 bits per heavy atom. The van der Waals surface area contributed by atoms with E-state index in [0.29, 0.717) is 12.1 Å². The summed E-state index contributed by atoms with van der Waals surface area (Å²) in [6, 6.07) is 3.53. The van der Waals surface area contributed by atoms with Gasteiger partial charge in [-0.15, -0.1) is 6.58 Å². The molecule has 0 bridgehead atoms. The molecule has 0 saturated carbocycles. The zero-order chi connectivity index (χ0) is 11.3. The fourth-order valence-corrected chi connectivity index (χ4v) is 1.06. The molecule has 1 amide bonds. The summed E-state index contributed by atoms with van der Waals surface area (Å²) in [4.78, 5) is 17.2. The van der Waals surface area contributed by atoms with Crippen molar-refractivity contribution in [1.82, 2.24) is 9.88 Å². The van der Waals surface area contributed by atoms with E-state index in [1.54, 1.807) is 38.5 Å². The van der Waals surface area contributed by atoms with Gasteiger partial charge in [0, 0.05) is 26.8 Å². The average Bonchev–Trinajstić information content (AvgIpc) is 2.26. The molecule has 0 aliphatic heterocycles. The molecule has 15 heavy (non-hydrogen) atoms. The van der Waals surface area contributed by atoms with Crippen molar-refractivity contribution >= 4 is 11.7 Å². The molecule has 1 N–H and O–H groups in total. The highest BCUT2D eigenvalue weighted by molar-refractivity contribution is 5.93. The van der Waals surface area contributed by atoms with Crippen LogP contribution in [0, 0.1) is 0 Å². The number of hydrogen-bond donors (Lipinski definition) is 1. The zero-order valence-corrected chi connectivity index (χ0v) is 9.03. The lowest BCUT2D eigenvalue weighted by molar-refractivity contribution is 0.0827. The topological polar surface area (TPSA) is 45.2 Å². The lowest BCUT2D eigenvalue weighted by atomic mass is 10.2. The van der Waals surface area contributed by atoms with Gasteiger partial charge in [0.25, 0.3) is 5.91 Å². The van der Waals surface area contributed by atoms with Gasteiger partial charge in [-0.25, -0.2) is 4.98 Å². The van der Waals surface area contributed by atoms with Crippen LogP contribution in [-0.2, 0) is 0 Å². The van der Waals surface area contributed by atoms with Gasteiger partial charge >= 0.3 is 0 Å². The number of aromatic nitrogens is 1. The number of carbonyl (C=O) groups is 1. The second-order valence-corrected chi connectivity index (χ2v) is 3.30. The third-order valence-corrected chi connectivity index (χ3v) is 1.84. The maximum absolute atomic E-state index is 11.5. The molecule has 80 valence electrons. The molecule has 0 fully saturated rings. The van der Waals surface area contributed by atoms with E-state index in [9.17, 15) is 4.79 Å². The fourth-order valence-electron chi connectivity index (χ4n) is 1.06. The van der Waals surface area contributed by atoms with Gasteiger partial charge < -0.3 is 10.2 Å². The molecule has 0 unspecified atom stereocenters. The fraction of sp³-hybridized carbons (Fsp3) is 0.273. The molecule has 0 saturated heterocycles. The monoisotopic (exact) mass is 205 g/mol. The van der Waals surface area contributed by atoms with Crippen molar-refractivity contribution in [3.63, 3.8) is 0 Å². The van der Waals surface area contributed by atoms with Gasteiger partial charge in [-0.05, 0) is 12.1 Å². The van der Waals surface area contributed by atoms with Crippen molar-refractivity contribution in [3.05, 3.63) is 36.5 Å². The molecular weight excluding hydrogens is 190 g/mol. The quantitative estimate of drug-likeness (QED) is 0.755. The number of pyridine rings is 1. The summed E-state index contributed by atoms with van der Waals surface area (Å²) < 4.78 is 0. The minimum Gasteiger partial charge on any atom is -0.367 e. The Morgan fingerprint density at radius 1 is 1.60 bits per heavy atom. The van der Waals surface area contributed by atoms with Crippen LogP contribution >= 0.6 is 0 Å². The first-order chi connectivity index (χ1) is 7.15. The SMILES string of the molecule is C=CCNc1ccc(C(=O)N(C)C)cn1. The summed E-state index contributed by atoms with van der Waals surface area (Å²) in [6.07, 6.45) is 3.31. The van der Waals surface area contributed by atoms with E-state index < -0.39 is 0 Å². The van der Waals surface area contributed by atoms with Gasteiger partial charge in [-0.1, -0.05) is 6.08 Å². The summed E-state index contributed by atoms with van der Waals surface area (Å²) in [7, 11) is 3.43. The molecule has 0 aliphatic carbocycles. The molecule has 0 radical (unpaired) electrons. The number of anilines is 1. The normalized spacial score (nSPS) is 9.47. The largest absolute Gasteiger partial charge is 0.367 e. The van der Waals surface area contributed by atoms with E-state index in [1.807, 2.05) is 0 Å². The third kappa shape index (κ3) is 3.09. The van der Waals surface area contributed by atoms with Crippen LogP contribution in [0.25, 0.3) is 0 Å². The van der Waals surface area contributed by atoms with Crippen molar-refractivity contribution in [2.45, 2.75) is 0 Å². The van der Waals surface area contributed by atoms with Gasteiger partial charge in [0.05, 0.1) is 5.56 Å². The molecule has 1 aromatic heterocycles. The molecule has 0 spiro atoms. The van der Waals surface area contributed by atoms with Crippen LogP contribution in [0.1, 0.15) is 10.4 Å². The number of nitrogens with zero attached hydrogens (tertiary/aromatic N) is 2. The van der Waals surface area contributed by atoms with Crippen LogP contribution in [0.3, 0.4) is 0 Å². The Balaban J connectivity index is 2.71. The minimum absolute atomic E-state index is 0.0437. The van der Waals surface area contributed by atoms with E-state index in [-0.39, 0.29) is 5.91 Å². The van der Waals surface area contributed by atoms with E-state index >= 15 is 0 Å². The first kappa shape index (κ1) is 11.2. The molecule has 0 atom stereocenters. The Labute approximate surface area is 89.6 Å². The van der Waals surface area contributed by atoms with Gasteiger partial charge in [-0.3, -0.25) is 4.79 Å².